The van der Waals surface area contributed by atoms with Crippen molar-refractivity contribution in [1.82, 2.24) is 9.97 Å². The third-order valence-electron chi connectivity index (χ3n) is 1.64. The molecule has 2 N–H and O–H groups in total. The molecule has 1 rings (SSSR count). The van der Waals surface area contributed by atoms with Crippen LogP contribution in [0.3, 0.4) is 0 Å². The van der Waals surface area contributed by atoms with E-state index in [2.05, 4.69) is 28.5 Å². The van der Waals surface area contributed by atoms with Gasteiger partial charge in [-0.3, -0.25) is 0 Å². The molecule has 4 heteroatoms. The summed E-state index contributed by atoms with van der Waals surface area (Å²) in [4.78, 5) is 7.11. The number of thioether (sulfide) groups is 1. The molecular weight excluding hydrogens is 170 g/mol. The summed E-state index contributed by atoms with van der Waals surface area (Å²) in [5.74, 6) is 2.05. The largest absolute Gasteiger partial charge is 0.353 e. The molecule has 1 atom stereocenters. The molecule has 0 saturated carbocycles. The Morgan fingerprint density at radius 3 is 3.17 bits per heavy atom. The number of rotatable bonds is 5. The first-order valence-corrected chi connectivity index (χ1v) is 5.47. The molecule has 0 radical (unpaired) electrons. The molecule has 68 valence electrons. The number of hydrogen-bond donors (Lipinski definition) is 2. The molecule has 1 unspecified atom stereocenters. The van der Waals surface area contributed by atoms with Crippen molar-refractivity contribution in [3.63, 3.8) is 0 Å². The Bertz CT molecular complexity index is 198. The summed E-state index contributed by atoms with van der Waals surface area (Å²) in [6, 6.07) is 0.489. The van der Waals surface area contributed by atoms with E-state index in [9.17, 15) is 0 Å². The number of nitrogens with zero attached hydrogens (tertiary/aromatic N) is 1. The van der Waals surface area contributed by atoms with Crippen molar-refractivity contribution in [1.29, 1.82) is 0 Å². The quantitative estimate of drug-likeness (QED) is 0.736. The van der Waals surface area contributed by atoms with Gasteiger partial charge in [0.25, 0.3) is 0 Å². The van der Waals surface area contributed by atoms with Crippen LogP contribution >= 0.6 is 11.8 Å². The van der Waals surface area contributed by atoms with Crippen molar-refractivity contribution in [2.75, 3.05) is 17.3 Å². The first-order chi connectivity index (χ1) is 5.83. The van der Waals surface area contributed by atoms with E-state index >= 15 is 0 Å². The van der Waals surface area contributed by atoms with Gasteiger partial charge in [-0.25, -0.2) is 4.98 Å². The van der Waals surface area contributed by atoms with Gasteiger partial charge in [0.1, 0.15) is 0 Å². The Hall–Kier alpha value is -0.640. The molecule has 12 heavy (non-hydrogen) atoms. The van der Waals surface area contributed by atoms with Crippen molar-refractivity contribution in [2.24, 2.45) is 0 Å². The molecule has 0 aliphatic heterocycles. The molecule has 1 heterocycles. The highest BCUT2D eigenvalue weighted by Crippen LogP contribution is 2.05. The minimum atomic E-state index is 0.489. The molecule has 0 saturated heterocycles. The standard InChI is InChI=1S/C8H15N3S/c1-7(3-6-12-2)11-8-9-4-5-10-8/h4-5,7H,3,6H2,1-2H3,(H2,9,10,11). The lowest BCUT2D eigenvalue weighted by atomic mass is 10.3. The third kappa shape index (κ3) is 3.17. The van der Waals surface area contributed by atoms with Crippen LogP contribution in [0.15, 0.2) is 12.4 Å². The van der Waals surface area contributed by atoms with E-state index < -0.39 is 0 Å². The zero-order chi connectivity index (χ0) is 8.81. The first-order valence-electron chi connectivity index (χ1n) is 4.08. The van der Waals surface area contributed by atoms with Gasteiger partial charge in [0.2, 0.25) is 0 Å². The zero-order valence-electron chi connectivity index (χ0n) is 7.50. The average molecular weight is 185 g/mol. The van der Waals surface area contributed by atoms with Crippen LogP contribution in [0.4, 0.5) is 5.95 Å². The lowest BCUT2D eigenvalue weighted by Crippen LogP contribution is -2.16. The van der Waals surface area contributed by atoms with Gasteiger partial charge >= 0.3 is 0 Å². The third-order valence-corrected chi connectivity index (χ3v) is 2.28. The van der Waals surface area contributed by atoms with Gasteiger partial charge in [-0.15, -0.1) is 0 Å². The number of H-pyrrole nitrogens is 1. The van der Waals surface area contributed by atoms with E-state index in [4.69, 9.17) is 0 Å². The molecule has 0 spiro atoms. The van der Waals surface area contributed by atoms with Gasteiger partial charge in [0.05, 0.1) is 0 Å². The van der Waals surface area contributed by atoms with Crippen LogP contribution < -0.4 is 5.32 Å². The van der Waals surface area contributed by atoms with E-state index in [1.54, 1.807) is 6.20 Å². The summed E-state index contributed by atoms with van der Waals surface area (Å²) < 4.78 is 0. The van der Waals surface area contributed by atoms with Gasteiger partial charge in [-0.05, 0) is 25.4 Å². The lowest BCUT2D eigenvalue weighted by Gasteiger charge is -2.11. The maximum absolute atomic E-state index is 4.09. The summed E-state index contributed by atoms with van der Waals surface area (Å²) in [7, 11) is 0. The van der Waals surface area contributed by atoms with Crippen LogP contribution in [-0.4, -0.2) is 28.0 Å². The Morgan fingerprint density at radius 1 is 1.75 bits per heavy atom. The smallest absolute Gasteiger partial charge is 0.200 e. The first kappa shape index (κ1) is 9.45. The molecular formula is C8H15N3S. The topological polar surface area (TPSA) is 40.7 Å². The van der Waals surface area contributed by atoms with Gasteiger partial charge < -0.3 is 10.3 Å². The maximum atomic E-state index is 4.09. The Labute approximate surface area is 77.4 Å². The number of imidazole rings is 1. The Kier molecular flexibility index (Phi) is 4.00. The van der Waals surface area contributed by atoms with Crippen LogP contribution in [0.2, 0.25) is 0 Å². The summed E-state index contributed by atoms with van der Waals surface area (Å²) in [6.45, 7) is 2.17. The van der Waals surface area contributed by atoms with Crippen LogP contribution in [0.5, 0.6) is 0 Å². The van der Waals surface area contributed by atoms with E-state index in [-0.39, 0.29) is 0 Å². The fourth-order valence-electron chi connectivity index (χ4n) is 0.944. The summed E-state index contributed by atoms with van der Waals surface area (Å²) in [5, 5.41) is 3.28. The zero-order valence-corrected chi connectivity index (χ0v) is 8.32. The van der Waals surface area contributed by atoms with Crippen molar-refractivity contribution < 1.29 is 0 Å². The number of nitrogens with one attached hydrogen (secondary N) is 2. The van der Waals surface area contributed by atoms with Crippen LogP contribution in [-0.2, 0) is 0 Å². The van der Waals surface area contributed by atoms with E-state index in [1.165, 1.54) is 12.2 Å². The second-order valence-electron chi connectivity index (χ2n) is 2.76. The summed E-state index contributed by atoms with van der Waals surface area (Å²) in [5.41, 5.74) is 0. The second kappa shape index (κ2) is 5.09. The second-order valence-corrected chi connectivity index (χ2v) is 3.75. The molecule has 0 bridgehead atoms. The van der Waals surface area contributed by atoms with E-state index in [1.807, 2.05) is 18.0 Å². The molecule has 1 aromatic heterocycles. The monoisotopic (exact) mass is 185 g/mol. The van der Waals surface area contributed by atoms with E-state index in [0.717, 1.165) is 5.95 Å². The fraction of sp³-hybridized carbons (Fsp3) is 0.625. The normalized spacial score (nSPS) is 12.8. The predicted octanol–water partition coefficient (Wildman–Crippen LogP) is 1.96. The van der Waals surface area contributed by atoms with Gasteiger partial charge in [0, 0.05) is 18.4 Å². The molecule has 0 aliphatic rings. The Morgan fingerprint density at radius 2 is 2.58 bits per heavy atom. The maximum Gasteiger partial charge on any atom is 0.200 e. The van der Waals surface area contributed by atoms with Crippen molar-refractivity contribution in [3.8, 4) is 0 Å². The number of aromatic amines is 1. The number of aromatic nitrogens is 2. The average Bonchev–Trinajstić information content (AvgIpc) is 2.53. The molecule has 0 fully saturated rings. The van der Waals surface area contributed by atoms with Gasteiger partial charge in [-0.2, -0.15) is 11.8 Å². The number of hydrogen-bond acceptors (Lipinski definition) is 3. The van der Waals surface area contributed by atoms with Crippen LogP contribution in [0.1, 0.15) is 13.3 Å². The van der Waals surface area contributed by atoms with Gasteiger partial charge in [0.15, 0.2) is 5.95 Å². The minimum absolute atomic E-state index is 0.489. The van der Waals surface area contributed by atoms with Crippen molar-refractivity contribution in [3.05, 3.63) is 12.4 Å². The van der Waals surface area contributed by atoms with Crippen LogP contribution in [0.25, 0.3) is 0 Å². The van der Waals surface area contributed by atoms with Crippen LogP contribution in [0, 0.1) is 0 Å². The summed E-state index contributed by atoms with van der Waals surface area (Å²) in [6.07, 6.45) is 6.87. The molecule has 0 aromatic carbocycles. The lowest BCUT2D eigenvalue weighted by molar-refractivity contribution is 0.763. The highest BCUT2D eigenvalue weighted by atomic mass is 32.2. The van der Waals surface area contributed by atoms with Gasteiger partial charge in [-0.1, -0.05) is 0 Å². The molecule has 1 aromatic rings. The predicted molar refractivity (Wildman–Crippen MR) is 54.7 cm³/mol. The fourth-order valence-corrected chi connectivity index (χ4v) is 1.53. The minimum Gasteiger partial charge on any atom is -0.353 e. The van der Waals surface area contributed by atoms with Crippen molar-refractivity contribution >= 4 is 17.7 Å². The summed E-state index contributed by atoms with van der Waals surface area (Å²) >= 11 is 1.87. The highest BCUT2D eigenvalue weighted by molar-refractivity contribution is 7.98. The van der Waals surface area contributed by atoms with Crippen molar-refractivity contribution in [2.45, 2.75) is 19.4 Å². The molecule has 0 aliphatic carbocycles. The highest BCUT2D eigenvalue weighted by Gasteiger charge is 2.01. The van der Waals surface area contributed by atoms with E-state index in [0.29, 0.717) is 6.04 Å². The Balaban J connectivity index is 2.22. The molecule has 0 amide bonds. The SMILES string of the molecule is CSCCC(C)Nc1ncc[nH]1. The molecule has 3 nitrogen and oxygen atoms in total. The number of anilines is 1.